The zero-order chi connectivity index (χ0) is 11.5. The number of carbonyl (C=O) groups excluding carboxylic acids is 1. The lowest BCUT2D eigenvalue weighted by molar-refractivity contribution is -0.128. The maximum absolute atomic E-state index is 11.7. The van der Waals surface area contributed by atoms with Crippen LogP contribution in [-0.4, -0.2) is 23.7 Å². The summed E-state index contributed by atoms with van der Waals surface area (Å²) < 4.78 is 0. The average molecular weight is 210 g/mol. The predicted octanol–water partition coefficient (Wildman–Crippen LogP) is 0.813. The number of nitrogens with zero attached hydrogens (tertiary/aromatic N) is 1. The van der Waals surface area contributed by atoms with Crippen molar-refractivity contribution in [2.24, 2.45) is 11.3 Å². The fourth-order valence-electron chi connectivity index (χ4n) is 1.59. The van der Waals surface area contributed by atoms with Gasteiger partial charge in [0.15, 0.2) is 0 Å². The lowest BCUT2D eigenvalue weighted by Crippen LogP contribution is -2.43. The first-order valence-electron chi connectivity index (χ1n) is 5.39. The summed E-state index contributed by atoms with van der Waals surface area (Å²) in [6, 6.07) is 2.04. The number of nitrogens with one attached hydrogen (secondary N) is 1. The highest BCUT2D eigenvalue weighted by molar-refractivity contribution is 5.84. The van der Waals surface area contributed by atoms with Gasteiger partial charge in [-0.2, -0.15) is 5.26 Å². The van der Waals surface area contributed by atoms with Gasteiger partial charge in [0.2, 0.25) is 5.91 Å². The minimum Gasteiger partial charge on any atom is -0.393 e. The van der Waals surface area contributed by atoms with Crippen molar-refractivity contribution >= 4 is 5.91 Å². The van der Waals surface area contributed by atoms with Crippen LogP contribution in [0.2, 0.25) is 0 Å². The Morgan fingerprint density at radius 1 is 1.67 bits per heavy atom. The summed E-state index contributed by atoms with van der Waals surface area (Å²) in [5.41, 5.74) is -0.914. The van der Waals surface area contributed by atoms with Crippen LogP contribution in [0.3, 0.4) is 0 Å². The van der Waals surface area contributed by atoms with Gasteiger partial charge in [0.05, 0.1) is 12.2 Å². The van der Waals surface area contributed by atoms with Gasteiger partial charge in [0.1, 0.15) is 5.41 Å². The van der Waals surface area contributed by atoms with Crippen LogP contribution >= 0.6 is 0 Å². The molecule has 0 aliphatic heterocycles. The standard InChI is InChI=1S/C11H18N2O2/c1-3-11(2,7-12)10(15)13-6-8-4-9(14)5-8/h8-9,14H,3-6H2,1-2H3,(H,13,15). The van der Waals surface area contributed by atoms with Gasteiger partial charge in [-0.3, -0.25) is 4.79 Å². The molecule has 0 radical (unpaired) electrons. The molecular formula is C11H18N2O2. The van der Waals surface area contributed by atoms with Crippen molar-refractivity contribution in [2.45, 2.75) is 39.2 Å². The number of carbonyl (C=O) groups is 1. The molecule has 1 aliphatic carbocycles. The van der Waals surface area contributed by atoms with Gasteiger partial charge in [-0.25, -0.2) is 0 Å². The fourth-order valence-corrected chi connectivity index (χ4v) is 1.59. The Morgan fingerprint density at radius 2 is 2.27 bits per heavy atom. The minimum absolute atomic E-state index is 0.194. The molecule has 4 heteroatoms. The molecule has 2 N–H and O–H groups in total. The molecule has 0 bridgehead atoms. The first-order valence-corrected chi connectivity index (χ1v) is 5.39. The molecule has 1 unspecified atom stereocenters. The van der Waals surface area contributed by atoms with E-state index >= 15 is 0 Å². The normalized spacial score (nSPS) is 28.4. The number of nitriles is 1. The smallest absolute Gasteiger partial charge is 0.240 e. The van der Waals surface area contributed by atoms with Crippen LogP contribution < -0.4 is 5.32 Å². The zero-order valence-electron chi connectivity index (χ0n) is 9.29. The van der Waals surface area contributed by atoms with E-state index in [-0.39, 0.29) is 12.0 Å². The molecule has 1 saturated carbocycles. The summed E-state index contributed by atoms with van der Waals surface area (Å²) in [6.45, 7) is 4.06. The fraction of sp³-hybridized carbons (Fsp3) is 0.818. The van der Waals surface area contributed by atoms with Crippen molar-refractivity contribution in [2.75, 3.05) is 6.54 Å². The topological polar surface area (TPSA) is 73.1 Å². The van der Waals surface area contributed by atoms with E-state index in [0.717, 1.165) is 12.8 Å². The van der Waals surface area contributed by atoms with E-state index in [2.05, 4.69) is 5.32 Å². The van der Waals surface area contributed by atoms with Gasteiger partial charge >= 0.3 is 0 Å². The largest absolute Gasteiger partial charge is 0.393 e. The Kier molecular flexibility index (Phi) is 3.70. The third-order valence-electron chi connectivity index (χ3n) is 3.22. The Balaban J connectivity index is 2.33. The van der Waals surface area contributed by atoms with Crippen LogP contribution in [-0.2, 0) is 4.79 Å². The Labute approximate surface area is 90.3 Å². The average Bonchev–Trinajstić information content (AvgIpc) is 2.21. The SMILES string of the molecule is CCC(C)(C#N)C(=O)NCC1CC(O)C1. The maximum atomic E-state index is 11.7. The molecule has 1 atom stereocenters. The van der Waals surface area contributed by atoms with E-state index in [1.807, 2.05) is 13.0 Å². The second kappa shape index (κ2) is 4.63. The number of hydrogen-bond donors (Lipinski definition) is 2. The van der Waals surface area contributed by atoms with Gasteiger partial charge in [-0.1, -0.05) is 6.92 Å². The van der Waals surface area contributed by atoms with Crippen molar-refractivity contribution < 1.29 is 9.90 Å². The number of rotatable bonds is 4. The van der Waals surface area contributed by atoms with E-state index in [4.69, 9.17) is 10.4 Å². The monoisotopic (exact) mass is 210 g/mol. The molecule has 1 fully saturated rings. The van der Waals surface area contributed by atoms with E-state index in [1.54, 1.807) is 6.92 Å². The van der Waals surface area contributed by atoms with Crippen LogP contribution in [0.4, 0.5) is 0 Å². The summed E-state index contributed by atoms with van der Waals surface area (Å²) in [5, 5.41) is 20.7. The molecule has 0 aromatic rings. The number of aliphatic hydroxyl groups excluding tert-OH is 1. The Hall–Kier alpha value is -1.08. The molecule has 0 heterocycles. The summed E-state index contributed by atoms with van der Waals surface area (Å²) in [4.78, 5) is 11.7. The van der Waals surface area contributed by atoms with E-state index < -0.39 is 5.41 Å². The molecule has 15 heavy (non-hydrogen) atoms. The van der Waals surface area contributed by atoms with Crippen LogP contribution in [0.5, 0.6) is 0 Å². The van der Waals surface area contributed by atoms with Crippen LogP contribution in [0, 0.1) is 22.7 Å². The van der Waals surface area contributed by atoms with Crippen molar-refractivity contribution in [3.63, 3.8) is 0 Å². The molecule has 1 amide bonds. The van der Waals surface area contributed by atoms with Crippen molar-refractivity contribution in [3.8, 4) is 6.07 Å². The van der Waals surface area contributed by atoms with Crippen molar-refractivity contribution in [3.05, 3.63) is 0 Å². The third kappa shape index (κ3) is 2.69. The number of aliphatic hydroxyl groups is 1. The first kappa shape index (κ1) is 12.0. The summed E-state index contributed by atoms with van der Waals surface area (Å²) in [5.74, 6) is 0.178. The summed E-state index contributed by atoms with van der Waals surface area (Å²) >= 11 is 0. The molecule has 1 aliphatic rings. The van der Waals surface area contributed by atoms with E-state index in [0.29, 0.717) is 18.9 Å². The van der Waals surface area contributed by atoms with Crippen LogP contribution in [0.1, 0.15) is 33.1 Å². The zero-order valence-corrected chi connectivity index (χ0v) is 9.29. The van der Waals surface area contributed by atoms with E-state index in [1.165, 1.54) is 0 Å². The lowest BCUT2D eigenvalue weighted by Gasteiger charge is -2.32. The van der Waals surface area contributed by atoms with Crippen LogP contribution in [0.15, 0.2) is 0 Å². The maximum Gasteiger partial charge on any atom is 0.240 e. The van der Waals surface area contributed by atoms with Gasteiger partial charge in [0.25, 0.3) is 0 Å². The van der Waals surface area contributed by atoms with Gasteiger partial charge in [0, 0.05) is 6.54 Å². The molecule has 1 rings (SSSR count). The van der Waals surface area contributed by atoms with Gasteiger partial charge in [-0.15, -0.1) is 0 Å². The molecule has 0 spiro atoms. The highest BCUT2D eigenvalue weighted by Crippen LogP contribution is 2.27. The quantitative estimate of drug-likeness (QED) is 0.721. The van der Waals surface area contributed by atoms with E-state index in [9.17, 15) is 4.79 Å². The molecule has 84 valence electrons. The first-order chi connectivity index (χ1) is 7.01. The van der Waals surface area contributed by atoms with Crippen LogP contribution in [0.25, 0.3) is 0 Å². The molecule has 0 saturated heterocycles. The van der Waals surface area contributed by atoms with Gasteiger partial charge < -0.3 is 10.4 Å². The second-order valence-corrected chi connectivity index (χ2v) is 4.50. The molecule has 0 aromatic heterocycles. The minimum atomic E-state index is -0.914. The molecule has 0 aromatic carbocycles. The highest BCUT2D eigenvalue weighted by Gasteiger charge is 2.33. The second-order valence-electron chi connectivity index (χ2n) is 4.50. The Morgan fingerprint density at radius 3 is 2.67 bits per heavy atom. The third-order valence-corrected chi connectivity index (χ3v) is 3.22. The predicted molar refractivity (Wildman–Crippen MR) is 55.8 cm³/mol. The van der Waals surface area contributed by atoms with Crippen molar-refractivity contribution in [1.82, 2.24) is 5.32 Å². The Bertz CT molecular complexity index is 279. The number of amides is 1. The summed E-state index contributed by atoms with van der Waals surface area (Å²) in [7, 11) is 0. The molecule has 4 nitrogen and oxygen atoms in total. The highest BCUT2D eigenvalue weighted by atomic mass is 16.3. The summed E-state index contributed by atoms with van der Waals surface area (Å²) in [6.07, 6.45) is 1.84. The van der Waals surface area contributed by atoms with Gasteiger partial charge in [-0.05, 0) is 32.1 Å². The van der Waals surface area contributed by atoms with Crippen molar-refractivity contribution in [1.29, 1.82) is 5.26 Å². The molecular weight excluding hydrogens is 192 g/mol. The lowest BCUT2D eigenvalue weighted by atomic mass is 9.82. The number of hydrogen-bond acceptors (Lipinski definition) is 3.